The van der Waals surface area contributed by atoms with Gasteiger partial charge in [0.05, 0.1) is 26.7 Å². The molecular weight excluding hydrogens is 344 g/mol. The molecule has 0 spiro atoms. The Balaban J connectivity index is 1.60. The van der Waals surface area contributed by atoms with E-state index in [4.69, 9.17) is 9.47 Å². The summed E-state index contributed by atoms with van der Waals surface area (Å²) in [6.07, 6.45) is 0.529. The largest absolute Gasteiger partial charge is 0.493 e. The number of carbonyl (C=O) groups excluding carboxylic acids is 2. The minimum atomic E-state index is -0.188. The van der Waals surface area contributed by atoms with Crippen LogP contribution < -0.4 is 19.7 Å². The molecule has 0 saturated carbocycles. The lowest BCUT2D eigenvalue weighted by Crippen LogP contribution is -2.38. The normalized spacial score (nSPS) is 16.3. The van der Waals surface area contributed by atoms with Crippen molar-refractivity contribution in [1.29, 1.82) is 0 Å². The van der Waals surface area contributed by atoms with Crippen LogP contribution in [0.5, 0.6) is 11.5 Å². The molecule has 3 rings (SSSR count). The predicted octanol–water partition coefficient (Wildman–Crippen LogP) is 2.48. The van der Waals surface area contributed by atoms with Gasteiger partial charge in [-0.15, -0.1) is 0 Å². The van der Waals surface area contributed by atoms with Gasteiger partial charge in [-0.2, -0.15) is 0 Å². The van der Waals surface area contributed by atoms with Gasteiger partial charge in [0.1, 0.15) is 0 Å². The number of benzene rings is 2. The minimum absolute atomic E-state index is 0.0234. The lowest BCUT2D eigenvalue weighted by atomic mass is 10.1. The van der Waals surface area contributed by atoms with E-state index < -0.39 is 0 Å². The number of hydrogen-bond donors (Lipinski definition) is 1. The van der Waals surface area contributed by atoms with Crippen LogP contribution in [0.4, 0.5) is 5.69 Å². The lowest BCUT2D eigenvalue weighted by Gasteiger charge is -2.17. The van der Waals surface area contributed by atoms with Gasteiger partial charge in [0, 0.05) is 18.7 Å². The SMILES string of the molecule is COc1ccc(CC(=O)N[C@H]2CC(=O)N(c3ccc(C)cc3)C2)cc1OC. The molecule has 0 bridgehead atoms. The average Bonchev–Trinajstić information content (AvgIpc) is 3.02. The third kappa shape index (κ3) is 4.39. The second kappa shape index (κ2) is 8.12. The highest BCUT2D eigenvalue weighted by Crippen LogP contribution is 2.28. The summed E-state index contributed by atoms with van der Waals surface area (Å²) in [7, 11) is 3.13. The fourth-order valence-electron chi connectivity index (χ4n) is 3.23. The number of carbonyl (C=O) groups is 2. The summed E-state index contributed by atoms with van der Waals surface area (Å²) in [5, 5.41) is 2.96. The quantitative estimate of drug-likeness (QED) is 0.851. The van der Waals surface area contributed by atoms with Gasteiger partial charge in [0.2, 0.25) is 11.8 Å². The van der Waals surface area contributed by atoms with E-state index in [2.05, 4.69) is 5.32 Å². The standard InChI is InChI=1S/C21H24N2O4/c1-14-4-7-17(8-5-14)23-13-16(12-21(23)25)22-20(24)11-15-6-9-18(26-2)19(10-15)27-3/h4-10,16H,11-13H2,1-3H3,(H,22,24)/t16-/m0/s1. The molecule has 1 aliphatic rings. The van der Waals surface area contributed by atoms with Crippen molar-refractivity contribution < 1.29 is 19.1 Å². The number of nitrogens with one attached hydrogen (secondary N) is 1. The number of rotatable bonds is 6. The van der Waals surface area contributed by atoms with Crippen molar-refractivity contribution in [3.05, 3.63) is 53.6 Å². The van der Waals surface area contributed by atoms with E-state index in [1.807, 2.05) is 37.3 Å². The Kier molecular flexibility index (Phi) is 5.64. The van der Waals surface area contributed by atoms with Crippen molar-refractivity contribution in [3.8, 4) is 11.5 Å². The molecule has 1 atom stereocenters. The topological polar surface area (TPSA) is 67.9 Å². The molecule has 1 N–H and O–H groups in total. The maximum atomic E-state index is 12.4. The molecule has 2 aromatic rings. The van der Waals surface area contributed by atoms with E-state index in [1.54, 1.807) is 31.3 Å². The highest BCUT2D eigenvalue weighted by molar-refractivity contribution is 5.97. The second-order valence-electron chi connectivity index (χ2n) is 6.67. The molecule has 6 heteroatoms. The van der Waals surface area contributed by atoms with Crippen molar-refractivity contribution in [2.75, 3.05) is 25.7 Å². The zero-order valence-electron chi connectivity index (χ0n) is 15.8. The number of nitrogens with zero attached hydrogens (tertiary/aromatic N) is 1. The molecule has 2 amide bonds. The molecule has 1 saturated heterocycles. The van der Waals surface area contributed by atoms with Crippen molar-refractivity contribution in [2.24, 2.45) is 0 Å². The number of hydrogen-bond acceptors (Lipinski definition) is 4. The number of aryl methyl sites for hydroxylation is 1. The molecule has 6 nitrogen and oxygen atoms in total. The van der Waals surface area contributed by atoms with Gasteiger partial charge in [-0.3, -0.25) is 9.59 Å². The first-order valence-corrected chi connectivity index (χ1v) is 8.87. The van der Waals surface area contributed by atoms with Crippen LogP contribution in [-0.4, -0.2) is 38.6 Å². The van der Waals surface area contributed by atoms with Crippen molar-refractivity contribution in [2.45, 2.75) is 25.8 Å². The summed E-state index contributed by atoms with van der Waals surface area (Å²) >= 11 is 0. The first-order chi connectivity index (χ1) is 13.0. The van der Waals surface area contributed by atoms with E-state index in [1.165, 1.54) is 0 Å². The Morgan fingerprint density at radius 2 is 1.81 bits per heavy atom. The van der Waals surface area contributed by atoms with Crippen LogP contribution in [0.25, 0.3) is 0 Å². The zero-order valence-corrected chi connectivity index (χ0v) is 15.8. The summed E-state index contributed by atoms with van der Waals surface area (Å²) in [5.74, 6) is 1.11. The number of anilines is 1. The zero-order chi connectivity index (χ0) is 19.4. The van der Waals surface area contributed by atoms with Gasteiger partial charge in [0.15, 0.2) is 11.5 Å². The van der Waals surface area contributed by atoms with Crippen LogP contribution in [0.3, 0.4) is 0 Å². The van der Waals surface area contributed by atoms with Gasteiger partial charge in [-0.05, 0) is 36.8 Å². The molecule has 0 radical (unpaired) electrons. The third-order valence-corrected chi connectivity index (χ3v) is 4.65. The summed E-state index contributed by atoms with van der Waals surface area (Å²) < 4.78 is 10.5. The third-order valence-electron chi connectivity index (χ3n) is 4.65. The Morgan fingerprint density at radius 1 is 1.11 bits per heavy atom. The molecular formula is C21H24N2O4. The summed E-state index contributed by atoms with van der Waals surface area (Å²) in [6.45, 7) is 2.49. The van der Waals surface area contributed by atoms with Gasteiger partial charge in [-0.25, -0.2) is 0 Å². The van der Waals surface area contributed by atoms with Gasteiger partial charge >= 0.3 is 0 Å². The molecule has 2 aromatic carbocycles. The van der Waals surface area contributed by atoms with E-state index in [0.717, 1.165) is 16.8 Å². The summed E-state index contributed by atoms with van der Waals surface area (Å²) in [6, 6.07) is 13.0. The molecule has 27 heavy (non-hydrogen) atoms. The summed E-state index contributed by atoms with van der Waals surface area (Å²) in [5.41, 5.74) is 2.83. The maximum Gasteiger partial charge on any atom is 0.229 e. The van der Waals surface area contributed by atoms with Crippen molar-refractivity contribution >= 4 is 17.5 Å². The summed E-state index contributed by atoms with van der Waals surface area (Å²) in [4.78, 5) is 26.4. The molecule has 0 aromatic heterocycles. The van der Waals surface area contributed by atoms with E-state index in [0.29, 0.717) is 24.5 Å². The Bertz CT molecular complexity index is 833. The fraction of sp³-hybridized carbons (Fsp3) is 0.333. The van der Waals surface area contributed by atoms with Gasteiger partial charge in [0.25, 0.3) is 0 Å². The second-order valence-corrected chi connectivity index (χ2v) is 6.67. The van der Waals surface area contributed by atoms with Crippen molar-refractivity contribution in [1.82, 2.24) is 5.32 Å². The Hall–Kier alpha value is -3.02. The van der Waals surface area contributed by atoms with Crippen molar-refractivity contribution in [3.63, 3.8) is 0 Å². The van der Waals surface area contributed by atoms with Gasteiger partial charge < -0.3 is 19.7 Å². The maximum absolute atomic E-state index is 12.4. The monoisotopic (exact) mass is 368 g/mol. The highest BCUT2D eigenvalue weighted by Gasteiger charge is 2.31. The van der Waals surface area contributed by atoms with Gasteiger partial charge in [-0.1, -0.05) is 23.8 Å². The lowest BCUT2D eigenvalue weighted by molar-refractivity contribution is -0.121. The van der Waals surface area contributed by atoms with Crippen LogP contribution in [-0.2, 0) is 16.0 Å². The fourth-order valence-corrected chi connectivity index (χ4v) is 3.23. The average molecular weight is 368 g/mol. The van der Waals surface area contributed by atoms with Crippen LogP contribution in [0.2, 0.25) is 0 Å². The molecule has 1 heterocycles. The number of methoxy groups -OCH3 is 2. The number of ether oxygens (including phenoxy) is 2. The van der Waals surface area contributed by atoms with E-state index in [9.17, 15) is 9.59 Å². The first kappa shape index (κ1) is 18.8. The Labute approximate surface area is 159 Å². The van der Waals surface area contributed by atoms with E-state index >= 15 is 0 Å². The smallest absolute Gasteiger partial charge is 0.229 e. The molecule has 142 valence electrons. The molecule has 0 unspecified atom stereocenters. The molecule has 1 aliphatic heterocycles. The Morgan fingerprint density at radius 3 is 2.48 bits per heavy atom. The van der Waals surface area contributed by atoms with Crippen LogP contribution in [0.15, 0.2) is 42.5 Å². The van der Waals surface area contributed by atoms with Crippen LogP contribution in [0, 0.1) is 6.92 Å². The predicted molar refractivity (Wildman–Crippen MR) is 103 cm³/mol. The number of amides is 2. The first-order valence-electron chi connectivity index (χ1n) is 8.87. The van der Waals surface area contributed by atoms with E-state index in [-0.39, 0.29) is 24.3 Å². The molecule has 1 fully saturated rings. The van der Waals surface area contributed by atoms with Crippen LogP contribution >= 0.6 is 0 Å². The minimum Gasteiger partial charge on any atom is -0.493 e. The van der Waals surface area contributed by atoms with Crippen LogP contribution in [0.1, 0.15) is 17.5 Å². The molecule has 0 aliphatic carbocycles. The highest BCUT2D eigenvalue weighted by atomic mass is 16.5.